The number of hydrogen-bond donors (Lipinski definition) is 3. The van der Waals surface area contributed by atoms with Gasteiger partial charge in [0.05, 0.1) is 6.61 Å². The first-order chi connectivity index (χ1) is 16.2. The second-order valence-corrected chi connectivity index (χ2v) is 7.82. The molecule has 1 atom stereocenters. The minimum Gasteiger partial charge on any atom is -0.463 e. The number of carbonyl (C=O) groups excluding carboxylic acids is 4. The molecule has 1 unspecified atom stereocenters. The highest BCUT2D eigenvalue weighted by molar-refractivity contribution is 5.96. The van der Waals surface area contributed by atoms with Crippen LogP contribution in [0.4, 0.5) is 5.69 Å². The van der Waals surface area contributed by atoms with Crippen molar-refractivity contribution in [2.24, 2.45) is 5.92 Å². The number of rotatable bonds is 14. The van der Waals surface area contributed by atoms with Crippen LogP contribution in [0.3, 0.4) is 0 Å². The lowest BCUT2D eigenvalue weighted by Crippen LogP contribution is -2.44. The minimum atomic E-state index is -0.916. The largest absolute Gasteiger partial charge is 0.463 e. The molecule has 0 radical (unpaired) electrons. The van der Waals surface area contributed by atoms with Crippen molar-refractivity contribution in [3.8, 4) is 0 Å². The summed E-state index contributed by atoms with van der Waals surface area (Å²) in [6.45, 7) is 7.72. The molecule has 0 fully saturated rings. The Kier molecular flexibility index (Phi) is 13.0. The summed E-state index contributed by atoms with van der Waals surface area (Å²) in [7, 11) is 0. The van der Waals surface area contributed by atoms with Crippen molar-refractivity contribution in [3.05, 3.63) is 40.8 Å². The van der Waals surface area contributed by atoms with Gasteiger partial charge < -0.3 is 25.3 Å². The van der Waals surface area contributed by atoms with E-state index in [0.29, 0.717) is 18.9 Å². The van der Waals surface area contributed by atoms with Crippen LogP contribution >= 0.6 is 0 Å². The first-order valence-corrected chi connectivity index (χ1v) is 11.6. The molecule has 1 aromatic rings. The van der Waals surface area contributed by atoms with E-state index < -0.39 is 29.4 Å². The van der Waals surface area contributed by atoms with Gasteiger partial charge in [0, 0.05) is 25.7 Å². The van der Waals surface area contributed by atoms with Crippen LogP contribution in [-0.4, -0.2) is 47.5 Å². The second kappa shape index (κ2) is 15.4. The van der Waals surface area contributed by atoms with E-state index in [4.69, 9.17) is 4.74 Å². The van der Waals surface area contributed by atoms with E-state index in [1.807, 2.05) is 0 Å². The lowest BCUT2D eigenvalue weighted by atomic mass is 10.0. The van der Waals surface area contributed by atoms with Crippen LogP contribution in [-0.2, 0) is 30.5 Å². The number of anilines is 1. The van der Waals surface area contributed by atoms with E-state index in [0.717, 1.165) is 12.8 Å². The molecule has 0 aliphatic heterocycles. The molecule has 0 aliphatic carbocycles. The monoisotopic (exact) mass is 476 g/mol. The summed E-state index contributed by atoms with van der Waals surface area (Å²) in [6.07, 6.45) is 6.72. The molecule has 10 heteroatoms. The maximum atomic E-state index is 12.8. The molecular weight excluding hydrogens is 440 g/mol. The average molecular weight is 477 g/mol. The summed E-state index contributed by atoms with van der Waals surface area (Å²) in [5.74, 6) is -1.38. The molecule has 0 saturated heterocycles. The molecule has 0 spiro atoms. The van der Waals surface area contributed by atoms with Gasteiger partial charge in [-0.1, -0.05) is 32.8 Å². The van der Waals surface area contributed by atoms with Crippen molar-refractivity contribution in [1.29, 1.82) is 0 Å². The first-order valence-electron chi connectivity index (χ1n) is 11.6. The summed E-state index contributed by atoms with van der Waals surface area (Å²) in [5.41, 5.74) is -0.532. The smallest absolute Gasteiger partial charge is 0.330 e. The molecule has 3 amide bonds. The summed E-state index contributed by atoms with van der Waals surface area (Å²) < 4.78 is 6.01. The highest BCUT2D eigenvalue weighted by Gasteiger charge is 2.20. The van der Waals surface area contributed by atoms with E-state index in [1.54, 1.807) is 19.1 Å². The number of hydrogen-bond acceptors (Lipinski definition) is 6. The normalized spacial score (nSPS) is 11.8. The Morgan fingerprint density at radius 3 is 2.47 bits per heavy atom. The number of carbonyl (C=O) groups is 4. The predicted molar refractivity (Wildman–Crippen MR) is 129 cm³/mol. The van der Waals surface area contributed by atoms with Crippen LogP contribution in [0.15, 0.2) is 35.3 Å². The summed E-state index contributed by atoms with van der Waals surface area (Å²) in [4.78, 5) is 60.7. The van der Waals surface area contributed by atoms with Crippen LogP contribution in [0.25, 0.3) is 0 Å². The topological polar surface area (TPSA) is 136 Å². The van der Waals surface area contributed by atoms with E-state index in [9.17, 15) is 24.0 Å². The zero-order valence-electron chi connectivity index (χ0n) is 20.4. The Balaban J connectivity index is 2.81. The van der Waals surface area contributed by atoms with Gasteiger partial charge in [0.2, 0.25) is 17.7 Å². The lowest BCUT2D eigenvalue weighted by Gasteiger charge is -2.17. The quantitative estimate of drug-likeness (QED) is 0.276. The summed E-state index contributed by atoms with van der Waals surface area (Å²) >= 11 is 0. The fourth-order valence-electron chi connectivity index (χ4n) is 3.17. The first kappa shape index (κ1) is 28.6. The van der Waals surface area contributed by atoms with Crippen molar-refractivity contribution in [3.63, 3.8) is 0 Å². The van der Waals surface area contributed by atoms with Gasteiger partial charge in [0.1, 0.15) is 18.3 Å². The van der Waals surface area contributed by atoms with Crippen molar-refractivity contribution in [1.82, 2.24) is 15.2 Å². The molecule has 34 heavy (non-hydrogen) atoms. The zero-order valence-corrected chi connectivity index (χ0v) is 20.4. The van der Waals surface area contributed by atoms with E-state index in [2.05, 4.69) is 29.8 Å². The molecular formula is C24H36N4O6. The van der Waals surface area contributed by atoms with Crippen molar-refractivity contribution < 1.29 is 23.9 Å². The lowest BCUT2D eigenvalue weighted by molar-refractivity contribution is -0.137. The molecule has 0 aromatic carbocycles. The van der Waals surface area contributed by atoms with E-state index in [-0.39, 0.29) is 31.2 Å². The van der Waals surface area contributed by atoms with Gasteiger partial charge in [-0.15, -0.1) is 0 Å². The maximum absolute atomic E-state index is 12.8. The average Bonchev–Trinajstić information content (AvgIpc) is 2.79. The highest BCUT2D eigenvalue weighted by atomic mass is 16.5. The van der Waals surface area contributed by atoms with Gasteiger partial charge in [0.25, 0.3) is 5.56 Å². The van der Waals surface area contributed by atoms with Gasteiger partial charge in [-0.05, 0) is 37.8 Å². The second-order valence-electron chi connectivity index (χ2n) is 7.82. The predicted octanol–water partition coefficient (Wildman–Crippen LogP) is 1.74. The van der Waals surface area contributed by atoms with Gasteiger partial charge in [0.15, 0.2) is 0 Å². The molecule has 1 rings (SSSR count). The zero-order chi connectivity index (χ0) is 25.5. The van der Waals surface area contributed by atoms with Crippen molar-refractivity contribution >= 4 is 29.4 Å². The number of amides is 3. The molecule has 10 nitrogen and oxygen atoms in total. The third-order valence-corrected chi connectivity index (χ3v) is 5.19. The Morgan fingerprint density at radius 1 is 1.15 bits per heavy atom. The molecule has 1 heterocycles. The van der Waals surface area contributed by atoms with Crippen LogP contribution in [0, 0.1) is 5.92 Å². The number of aromatic nitrogens is 1. The van der Waals surface area contributed by atoms with E-state index in [1.165, 1.54) is 29.8 Å². The van der Waals surface area contributed by atoms with Crippen LogP contribution in [0.1, 0.15) is 53.4 Å². The van der Waals surface area contributed by atoms with E-state index >= 15 is 0 Å². The van der Waals surface area contributed by atoms with Crippen LogP contribution < -0.4 is 21.5 Å². The Hall–Kier alpha value is -3.43. The summed E-state index contributed by atoms with van der Waals surface area (Å²) in [5, 5.41) is 7.91. The standard InChI is InChI=1S/C24H36N4O6/c1-5-18(6-2)15-25-21(30)16-28-14-10-12-20(24(28)33)27-23(32)19(26-17(4)29)11-8-9-13-22(31)34-7-3/h9-10,12-14,18-19H,5-8,11,15-16H2,1-4H3,(H,25,30)(H,26,29)(H,27,32)/b13-9+. The fraction of sp³-hybridized carbons (Fsp3) is 0.542. The molecule has 1 aromatic heterocycles. The maximum Gasteiger partial charge on any atom is 0.330 e. The molecule has 0 bridgehead atoms. The fourth-order valence-corrected chi connectivity index (χ4v) is 3.17. The Morgan fingerprint density at radius 2 is 1.85 bits per heavy atom. The van der Waals surface area contributed by atoms with Gasteiger partial charge >= 0.3 is 5.97 Å². The Labute approximate surface area is 200 Å². The highest BCUT2D eigenvalue weighted by Crippen LogP contribution is 2.06. The third kappa shape index (κ3) is 10.5. The van der Waals surface area contributed by atoms with Gasteiger partial charge in [-0.3, -0.25) is 19.2 Å². The van der Waals surface area contributed by atoms with Crippen molar-refractivity contribution in [2.45, 2.75) is 66.0 Å². The SMILES string of the molecule is CCOC(=O)/C=C/CCC(NC(C)=O)C(=O)Nc1cccn(CC(=O)NCC(CC)CC)c1=O. The molecule has 0 saturated carbocycles. The number of ether oxygens (including phenoxy) is 1. The third-order valence-electron chi connectivity index (χ3n) is 5.19. The van der Waals surface area contributed by atoms with Gasteiger partial charge in [-0.2, -0.15) is 0 Å². The number of allylic oxidation sites excluding steroid dienone is 1. The number of esters is 1. The number of nitrogens with zero attached hydrogens (tertiary/aromatic N) is 1. The molecule has 188 valence electrons. The summed E-state index contributed by atoms with van der Waals surface area (Å²) in [6, 6.07) is 2.08. The Bertz CT molecular complexity index is 920. The van der Waals surface area contributed by atoms with Crippen LogP contribution in [0.5, 0.6) is 0 Å². The molecule has 0 aliphatic rings. The number of pyridine rings is 1. The van der Waals surface area contributed by atoms with Crippen LogP contribution in [0.2, 0.25) is 0 Å². The van der Waals surface area contributed by atoms with Gasteiger partial charge in [-0.25, -0.2) is 4.79 Å². The van der Waals surface area contributed by atoms with Crippen molar-refractivity contribution in [2.75, 3.05) is 18.5 Å². The number of nitrogens with one attached hydrogen (secondary N) is 3. The molecule has 3 N–H and O–H groups in total. The minimum absolute atomic E-state index is 0.00212.